The van der Waals surface area contributed by atoms with Gasteiger partial charge in [-0.15, -0.1) is 0 Å². The van der Waals surface area contributed by atoms with Crippen LogP contribution in [0.2, 0.25) is 0 Å². The van der Waals surface area contributed by atoms with E-state index in [2.05, 4.69) is 38.2 Å². The van der Waals surface area contributed by atoms with E-state index in [0.717, 1.165) is 51.4 Å². The molecule has 292 valence electrons. The molecule has 0 rings (SSSR count). The normalized spacial score (nSPS) is 13.2. The zero-order valence-corrected chi connectivity index (χ0v) is 33.1. The number of allylic oxidation sites excluding steroid dienone is 4. The summed E-state index contributed by atoms with van der Waals surface area (Å²) in [5.74, 6) is -1.48. The molecule has 0 aromatic heterocycles. The number of carboxylic acid groups (broad SMARTS) is 1. The lowest BCUT2D eigenvalue weighted by Gasteiger charge is -2.31. The van der Waals surface area contributed by atoms with Crippen LogP contribution < -0.4 is 0 Å². The molecule has 50 heavy (non-hydrogen) atoms. The van der Waals surface area contributed by atoms with Crippen LogP contribution in [0, 0.1) is 0 Å². The van der Waals surface area contributed by atoms with Gasteiger partial charge in [-0.1, -0.05) is 141 Å². The van der Waals surface area contributed by atoms with Gasteiger partial charge in [0.05, 0.1) is 34.4 Å². The Morgan fingerprint density at radius 2 is 1.04 bits per heavy atom. The fourth-order valence-corrected chi connectivity index (χ4v) is 5.90. The number of carboxylic acids is 1. The first-order valence-electron chi connectivity index (χ1n) is 20.4. The largest absolute Gasteiger partial charge is 0.477 e. The molecule has 2 atom stereocenters. The number of carbonyl (C=O) groups excluding carboxylic acids is 2. The predicted molar refractivity (Wildman–Crippen MR) is 206 cm³/mol. The van der Waals surface area contributed by atoms with Gasteiger partial charge in [0.2, 0.25) is 0 Å². The topological polar surface area (TPSA) is 99.1 Å². The smallest absolute Gasteiger partial charge is 0.362 e. The van der Waals surface area contributed by atoms with Crippen LogP contribution in [0.1, 0.15) is 174 Å². The molecule has 0 spiro atoms. The number of ether oxygens (including phenoxy) is 3. The van der Waals surface area contributed by atoms with Gasteiger partial charge in [-0.3, -0.25) is 9.59 Å². The average molecular weight is 709 g/mol. The van der Waals surface area contributed by atoms with E-state index in [1.807, 2.05) is 21.1 Å². The Bertz CT molecular complexity index is 880. The van der Waals surface area contributed by atoms with E-state index >= 15 is 0 Å². The molecule has 0 aromatic rings. The third-order valence-corrected chi connectivity index (χ3v) is 9.13. The first-order chi connectivity index (χ1) is 24.1. The van der Waals surface area contributed by atoms with Gasteiger partial charge in [0.15, 0.2) is 12.1 Å². The second-order valence-corrected chi connectivity index (χ2v) is 14.9. The van der Waals surface area contributed by atoms with Crippen molar-refractivity contribution in [1.29, 1.82) is 0 Å². The third kappa shape index (κ3) is 31.8. The Hall–Kier alpha value is -2.19. The predicted octanol–water partition coefficient (Wildman–Crippen LogP) is 10.5. The molecule has 0 saturated heterocycles. The van der Waals surface area contributed by atoms with Crippen LogP contribution in [-0.2, 0) is 28.6 Å². The maximum Gasteiger partial charge on any atom is 0.362 e. The van der Waals surface area contributed by atoms with Crippen LogP contribution >= 0.6 is 0 Å². The van der Waals surface area contributed by atoms with Crippen molar-refractivity contribution in [3.63, 3.8) is 0 Å². The fraction of sp³-hybridized carbons (Fsp3) is 0.833. The van der Waals surface area contributed by atoms with Crippen molar-refractivity contribution in [3.05, 3.63) is 24.3 Å². The number of hydrogen-bond donors (Lipinski definition) is 1. The van der Waals surface area contributed by atoms with Gasteiger partial charge in [-0.2, -0.15) is 0 Å². The highest BCUT2D eigenvalue weighted by atomic mass is 16.6. The highest BCUT2D eigenvalue weighted by molar-refractivity contribution is 5.72. The van der Waals surface area contributed by atoms with Gasteiger partial charge in [0.25, 0.3) is 0 Å². The number of rotatable bonds is 36. The molecule has 0 aromatic carbocycles. The molecule has 0 saturated carbocycles. The second kappa shape index (κ2) is 33.9. The quantitative estimate of drug-likeness (QED) is 0.0299. The Morgan fingerprint density at radius 1 is 0.600 bits per heavy atom. The van der Waals surface area contributed by atoms with Crippen LogP contribution in [0.15, 0.2) is 24.3 Å². The summed E-state index contributed by atoms with van der Waals surface area (Å²) >= 11 is 0. The van der Waals surface area contributed by atoms with Crippen molar-refractivity contribution in [2.75, 3.05) is 41.0 Å². The molecule has 0 heterocycles. The van der Waals surface area contributed by atoms with Crippen molar-refractivity contribution in [2.24, 2.45) is 0 Å². The molecular formula is C42H78NO7+. The molecule has 0 aliphatic carbocycles. The van der Waals surface area contributed by atoms with Gasteiger partial charge in [0, 0.05) is 19.3 Å². The standard InChI is InChI=1S/C42H77NO7/c1-6-8-10-12-14-16-18-19-20-21-23-25-27-29-31-33-41(45)50-38(36-48-35-34-39(42(46)47)43(3,4)5)37-49-40(44)32-30-28-26-24-22-17-15-13-11-9-7-2/h14,16,18-19,38-39H,6-13,15,17,20-37H2,1-5H3/p+1/b16-14+,19-18+. The van der Waals surface area contributed by atoms with Crippen LogP contribution in [0.25, 0.3) is 0 Å². The Labute approximate surface area is 307 Å². The minimum absolute atomic E-state index is 0.0522. The van der Waals surface area contributed by atoms with Gasteiger partial charge in [0.1, 0.15) is 6.61 Å². The zero-order valence-electron chi connectivity index (χ0n) is 33.1. The molecule has 0 aliphatic rings. The summed E-state index contributed by atoms with van der Waals surface area (Å²) in [6.07, 6.45) is 34.9. The highest BCUT2D eigenvalue weighted by Crippen LogP contribution is 2.14. The summed E-state index contributed by atoms with van der Waals surface area (Å²) in [6, 6.07) is -0.613. The number of unbranched alkanes of at least 4 members (excludes halogenated alkanes) is 19. The van der Waals surface area contributed by atoms with Gasteiger partial charge in [-0.25, -0.2) is 4.79 Å². The highest BCUT2D eigenvalue weighted by Gasteiger charge is 2.31. The van der Waals surface area contributed by atoms with E-state index in [1.165, 1.54) is 89.9 Å². The maximum absolute atomic E-state index is 12.7. The molecule has 0 bridgehead atoms. The number of esters is 2. The zero-order chi connectivity index (χ0) is 37.1. The molecular weight excluding hydrogens is 630 g/mol. The van der Waals surface area contributed by atoms with Crippen molar-refractivity contribution in [1.82, 2.24) is 0 Å². The van der Waals surface area contributed by atoms with E-state index in [0.29, 0.717) is 19.3 Å². The minimum atomic E-state index is -0.877. The molecule has 0 amide bonds. The summed E-state index contributed by atoms with van der Waals surface area (Å²) in [7, 11) is 5.52. The molecule has 8 heteroatoms. The number of likely N-dealkylation sites (N-methyl/N-ethyl adjacent to an activating group) is 1. The van der Waals surface area contributed by atoms with E-state index in [4.69, 9.17) is 14.2 Å². The summed E-state index contributed by atoms with van der Waals surface area (Å²) < 4.78 is 17.2. The lowest BCUT2D eigenvalue weighted by molar-refractivity contribution is -0.887. The number of quaternary nitrogens is 1. The van der Waals surface area contributed by atoms with Crippen LogP contribution in [0.5, 0.6) is 0 Å². The average Bonchev–Trinajstić information content (AvgIpc) is 3.06. The summed E-state index contributed by atoms with van der Waals surface area (Å²) in [6.45, 7) is 4.68. The third-order valence-electron chi connectivity index (χ3n) is 9.13. The lowest BCUT2D eigenvalue weighted by Crippen LogP contribution is -2.50. The molecule has 0 fully saturated rings. The van der Waals surface area contributed by atoms with Crippen LogP contribution in [-0.4, -0.2) is 80.6 Å². The minimum Gasteiger partial charge on any atom is -0.477 e. The summed E-state index contributed by atoms with van der Waals surface area (Å²) in [4.78, 5) is 36.8. The Balaban J connectivity index is 4.40. The first-order valence-corrected chi connectivity index (χ1v) is 20.4. The Morgan fingerprint density at radius 3 is 1.54 bits per heavy atom. The number of aliphatic carboxylic acids is 1. The lowest BCUT2D eigenvalue weighted by atomic mass is 10.1. The molecule has 0 aliphatic heterocycles. The SMILES string of the molecule is CCCCC/C=C/C=C/CCCCCCCCC(=O)OC(COCCC(C(=O)O)[N+](C)(C)C)COC(=O)CCCCCCCCCCCCC. The van der Waals surface area contributed by atoms with E-state index < -0.39 is 18.1 Å². The van der Waals surface area contributed by atoms with Crippen molar-refractivity contribution >= 4 is 17.9 Å². The molecule has 8 nitrogen and oxygen atoms in total. The number of carbonyl (C=O) groups is 3. The van der Waals surface area contributed by atoms with Crippen molar-refractivity contribution < 1.29 is 38.2 Å². The Kier molecular flexibility index (Phi) is 32.4. The molecule has 0 radical (unpaired) electrons. The van der Waals surface area contributed by atoms with E-state index in [9.17, 15) is 19.5 Å². The fourth-order valence-electron chi connectivity index (χ4n) is 5.90. The number of nitrogens with zero attached hydrogens (tertiary/aromatic N) is 1. The van der Waals surface area contributed by atoms with Gasteiger partial charge < -0.3 is 23.8 Å². The summed E-state index contributed by atoms with van der Waals surface area (Å²) in [5.41, 5.74) is 0. The van der Waals surface area contributed by atoms with Gasteiger partial charge >= 0.3 is 17.9 Å². The monoisotopic (exact) mass is 709 g/mol. The maximum atomic E-state index is 12.7. The van der Waals surface area contributed by atoms with E-state index in [-0.39, 0.29) is 36.2 Å². The first kappa shape index (κ1) is 47.8. The van der Waals surface area contributed by atoms with Gasteiger partial charge in [-0.05, 0) is 38.5 Å². The number of hydrogen-bond acceptors (Lipinski definition) is 6. The summed E-state index contributed by atoms with van der Waals surface area (Å²) in [5, 5.41) is 9.59. The van der Waals surface area contributed by atoms with Crippen molar-refractivity contribution in [2.45, 2.75) is 187 Å². The second-order valence-electron chi connectivity index (χ2n) is 14.9. The van der Waals surface area contributed by atoms with Crippen molar-refractivity contribution in [3.8, 4) is 0 Å². The van der Waals surface area contributed by atoms with Crippen LogP contribution in [0.3, 0.4) is 0 Å². The molecule has 1 N–H and O–H groups in total. The van der Waals surface area contributed by atoms with E-state index in [1.54, 1.807) is 0 Å². The van der Waals surface area contributed by atoms with Crippen LogP contribution in [0.4, 0.5) is 0 Å². The molecule has 2 unspecified atom stereocenters.